The largest absolute Gasteiger partial charge is 0.328 e. The number of hydrogen-bond acceptors (Lipinski definition) is 3. The lowest BCUT2D eigenvalue weighted by atomic mass is 10.2. The van der Waals surface area contributed by atoms with Crippen molar-refractivity contribution in [1.82, 2.24) is 4.68 Å². The van der Waals surface area contributed by atoms with E-state index in [-0.39, 0.29) is 11.4 Å². The van der Waals surface area contributed by atoms with Gasteiger partial charge >= 0.3 is 11.8 Å². The highest BCUT2D eigenvalue weighted by atomic mass is 79.9. The van der Waals surface area contributed by atoms with E-state index in [9.17, 15) is 18.8 Å². The molecule has 0 saturated carbocycles. The number of carbonyl (C=O) groups is 3. The zero-order valence-corrected chi connectivity index (χ0v) is 20.8. The molecule has 0 aliphatic carbocycles. The zero-order chi connectivity index (χ0) is 24.4. The molecule has 0 fully saturated rings. The lowest BCUT2D eigenvalue weighted by Gasteiger charge is -2.13. The molecule has 4 rings (SSSR count). The maximum Gasteiger partial charge on any atom is 0.328 e. The summed E-state index contributed by atoms with van der Waals surface area (Å²) in [6.07, 6.45) is 0. The number of nitrogens with zero attached hydrogens (tertiary/aromatic N) is 1. The fraction of sp³-hybridized carbons (Fsp3) is 0.0417. The van der Waals surface area contributed by atoms with Gasteiger partial charge in [-0.1, -0.05) is 22.0 Å². The quantitative estimate of drug-likeness (QED) is 0.272. The Bertz CT molecular complexity index is 1430. The van der Waals surface area contributed by atoms with Crippen molar-refractivity contribution in [3.05, 3.63) is 92.8 Å². The van der Waals surface area contributed by atoms with Crippen LogP contribution in [0.15, 0.2) is 75.7 Å². The molecule has 172 valence electrons. The molecule has 0 aliphatic rings. The fourth-order valence-corrected chi connectivity index (χ4v) is 4.23. The van der Waals surface area contributed by atoms with E-state index in [2.05, 4.69) is 47.9 Å². The van der Waals surface area contributed by atoms with Crippen LogP contribution >= 0.6 is 31.9 Å². The van der Waals surface area contributed by atoms with Gasteiger partial charge in [-0.05, 0) is 89.1 Å². The van der Waals surface area contributed by atoms with Crippen LogP contribution in [0, 0.1) is 12.7 Å². The van der Waals surface area contributed by atoms with E-state index < -0.39 is 23.5 Å². The second kappa shape index (κ2) is 9.78. The van der Waals surface area contributed by atoms with Crippen LogP contribution in [0.1, 0.15) is 16.1 Å². The third-order valence-electron chi connectivity index (χ3n) is 4.89. The summed E-state index contributed by atoms with van der Waals surface area (Å²) < 4.78 is 15.8. The number of nitrogens with one attached hydrogen (secondary N) is 3. The number of anilines is 2. The molecule has 10 heteroatoms. The van der Waals surface area contributed by atoms with Gasteiger partial charge < -0.3 is 10.6 Å². The summed E-state index contributed by atoms with van der Waals surface area (Å²) in [4.78, 5) is 38.2. The SMILES string of the molecule is Cc1ccc(NC(=O)c2cc3cc(Br)ccc3n2NC(=O)C(=O)Nc2ccc(F)cc2)c(Br)c1. The van der Waals surface area contributed by atoms with Gasteiger partial charge in [0, 0.05) is 20.0 Å². The van der Waals surface area contributed by atoms with E-state index in [1.165, 1.54) is 16.8 Å². The number of aryl methyl sites for hydroxylation is 1. The summed E-state index contributed by atoms with van der Waals surface area (Å²) in [6, 6.07) is 17.3. The molecule has 0 unspecified atom stereocenters. The van der Waals surface area contributed by atoms with Crippen LogP contribution in [-0.2, 0) is 9.59 Å². The average molecular weight is 588 g/mol. The third-order valence-corrected chi connectivity index (χ3v) is 6.04. The van der Waals surface area contributed by atoms with E-state index in [0.717, 1.165) is 22.2 Å². The van der Waals surface area contributed by atoms with Crippen molar-refractivity contribution in [2.75, 3.05) is 16.1 Å². The van der Waals surface area contributed by atoms with Gasteiger partial charge in [-0.3, -0.25) is 19.8 Å². The number of fused-ring (bicyclic) bond motifs is 1. The standard InChI is InChI=1S/C24H17Br2FN4O3/c1-13-2-8-19(18(26)10-13)29-22(32)21-12-14-11-15(25)3-9-20(14)31(21)30-24(34)23(33)28-17-6-4-16(27)5-7-17/h2-12H,1H3,(H,28,33)(H,29,32)(H,30,34). The number of aromatic nitrogens is 1. The van der Waals surface area contributed by atoms with Crippen LogP contribution in [0.3, 0.4) is 0 Å². The van der Waals surface area contributed by atoms with Crippen LogP contribution in [0.25, 0.3) is 10.9 Å². The van der Waals surface area contributed by atoms with Gasteiger partial charge in [0.15, 0.2) is 0 Å². The second-order valence-corrected chi connectivity index (χ2v) is 9.18. The van der Waals surface area contributed by atoms with Gasteiger partial charge in [0.2, 0.25) is 0 Å². The van der Waals surface area contributed by atoms with Gasteiger partial charge in [0.1, 0.15) is 11.5 Å². The van der Waals surface area contributed by atoms with Crippen molar-refractivity contribution < 1.29 is 18.8 Å². The minimum Gasteiger partial charge on any atom is -0.320 e. The molecule has 3 N–H and O–H groups in total. The van der Waals surface area contributed by atoms with Crippen molar-refractivity contribution in [3.63, 3.8) is 0 Å². The zero-order valence-electron chi connectivity index (χ0n) is 17.7. The van der Waals surface area contributed by atoms with Crippen molar-refractivity contribution in [2.24, 2.45) is 0 Å². The highest BCUT2D eigenvalue weighted by Gasteiger charge is 2.21. The number of hydrogen-bond donors (Lipinski definition) is 3. The van der Waals surface area contributed by atoms with Crippen LogP contribution in [0.2, 0.25) is 0 Å². The Balaban J connectivity index is 1.63. The Hall–Kier alpha value is -3.50. The lowest BCUT2D eigenvalue weighted by Crippen LogP contribution is -2.36. The summed E-state index contributed by atoms with van der Waals surface area (Å²) in [5.41, 5.74) is 4.93. The first kappa shape index (κ1) is 23.7. The molecule has 0 aliphatic heterocycles. The van der Waals surface area contributed by atoms with Crippen molar-refractivity contribution >= 4 is 71.9 Å². The first-order chi connectivity index (χ1) is 16.2. The van der Waals surface area contributed by atoms with E-state index in [4.69, 9.17) is 0 Å². The van der Waals surface area contributed by atoms with Crippen LogP contribution in [0.5, 0.6) is 0 Å². The molecular formula is C24H17Br2FN4O3. The molecule has 3 amide bonds. The van der Waals surface area contributed by atoms with Gasteiger partial charge in [-0.25, -0.2) is 9.07 Å². The maximum atomic E-state index is 13.1. The smallest absolute Gasteiger partial charge is 0.320 e. The summed E-state index contributed by atoms with van der Waals surface area (Å²) >= 11 is 6.83. The number of carbonyl (C=O) groups excluding carboxylic acids is 3. The molecule has 0 spiro atoms. The lowest BCUT2D eigenvalue weighted by molar-refractivity contribution is -0.133. The van der Waals surface area contributed by atoms with Gasteiger partial charge in [-0.2, -0.15) is 0 Å². The molecule has 0 bridgehead atoms. The van der Waals surface area contributed by atoms with Gasteiger partial charge in [-0.15, -0.1) is 0 Å². The first-order valence-corrected chi connectivity index (χ1v) is 11.6. The van der Waals surface area contributed by atoms with E-state index >= 15 is 0 Å². The van der Waals surface area contributed by atoms with E-state index in [1.807, 2.05) is 19.1 Å². The minimum atomic E-state index is -1.00. The Labute approximate surface area is 210 Å². The van der Waals surface area contributed by atoms with E-state index in [1.54, 1.807) is 30.3 Å². The van der Waals surface area contributed by atoms with Crippen molar-refractivity contribution in [3.8, 4) is 0 Å². The minimum absolute atomic E-state index is 0.114. The van der Waals surface area contributed by atoms with Gasteiger partial charge in [0.25, 0.3) is 5.91 Å². The summed E-state index contributed by atoms with van der Waals surface area (Å²) in [6.45, 7) is 1.93. The van der Waals surface area contributed by atoms with Crippen LogP contribution < -0.4 is 16.1 Å². The number of halogens is 3. The molecule has 7 nitrogen and oxygen atoms in total. The maximum absolute atomic E-state index is 13.1. The van der Waals surface area contributed by atoms with Crippen LogP contribution in [-0.4, -0.2) is 22.4 Å². The first-order valence-electron chi connectivity index (χ1n) is 9.97. The highest BCUT2D eigenvalue weighted by Crippen LogP contribution is 2.26. The molecule has 34 heavy (non-hydrogen) atoms. The summed E-state index contributed by atoms with van der Waals surface area (Å²) in [5, 5.41) is 5.87. The molecule has 0 saturated heterocycles. The predicted molar refractivity (Wildman–Crippen MR) is 136 cm³/mol. The number of rotatable bonds is 4. The van der Waals surface area contributed by atoms with Crippen LogP contribution in [0.4, 0.5) is 15.8 Å². The summed E-state index contributed by atoms with van der Waals surface area (Å²) in [7, 11) is 0. The molecular weight excluding hydrogens is 571 g/mol. The molecule has 1 aromatic heterocycles. The third kappa shape index (κ3) is 5.18. The molecule has 0 radical (unpaired) electrons. The molecule has 1 heterocycles. The van der Waals surface area contributed by atoms with Crippen molar-refractivity contribution in [2.45, 2.75) is 6.92 Å². The Kier molecular flexibility index (Phi) is 6.80. The topological polar surface area (TPSA) is 92.2 Å². The predicted octanol–water partition coefficient (Wildman–Crippen LogP) is 5.57. The highest BCUT2D eigenvalue weighted by molar-refractivity contribution is 9.10. The normalized spacial score (nSPS) is 10.7. The fourth-order valence-electron chi connectivity index (χ4n) is 3.26. The summed E-state index contributed by atoms with van der Waals surface area (Å²) in [5.74, 6) is -2.94. The molecule has 0 atom stereocenters. The number of amides is 3. The molecule has 4 aromatic rings. The Morgan fingerprint density at radius 3 is 2.29 bits per heavy atom. The van der Waals surface area contributed by atoms with E-state index in [0.29, 0.717) is 21.1 Å². The Morgan fingerprint density at radius 1 is 0.853 bits per heavy atom. The molecule has 3 aromatic carbocycles. The average Bonchev–Trinajstić information content (AvgIpc) is 3.14. The van der Waals surface area contributed by atoms with Crippen molar-refractivity contribution in [1.29, 1.82) is 0 Å². The Morgan fingerprint density at radius 2 is 1.59 bits per heavy atom. The van der Waals surface area contributed by atoms with Gasteiger partial charge in [0.05, 0.1) is 11.2 Å². The monoisotopic (exact) mass is 586 g/mol. The number of benzene rings is 3. The second-order valence-electron chi connectivity index (χ2n) is 7.41.